The summed E-state index contributed by atoms with van der Waals surface area (Å²) in [5, 5.41) is 20.0. The fourth-order valence-corrected chi connectivity index (χ4v) is 10.8. The molecule has 0 bridgehead atoms. The Morgan fingerprint density at radius 2 is 0.730 bits per heavy atom. The quantitative estimate of drug-likeness (QED) is 0.190. The van der Waals surface area contributed by atoms with Crippen LogP contribution in [0.5, 0.6) is 0 Å². The Morgan fingerprint density at radius 1 is 0.486 bits per heavy atom. The van der Waals surface area contributed by atoms with Crippen molar-refractivity contribution in [1.82, 2.24) is 0 Å². The zero-order chi connectivity index (χ0) is 28.5. The van der Waals surface area contributed by atoms with E-state index in [2.05, 4.69) is 0 Å². The van der Waals surface area contributed by atoms with Crippen LogP contribution in [0.1, 0.15) is 0 Å². The summed E-state index contributed by atoms with van der Waals surface area (Å²) in [7, 11) is 0. The van der Waals surface area contributed by atoms with Gasteiger partial charge in [-0.15, -0.1) is 0 Å². The Kier molecular flexibility index (Phi) is 9.57. The molecule has 2 nitrogen and oxygen atoms in total. The van der Waals surface area contributed by atoms with Crippen LogP contribution >= 0.6 is 23.5 Å². The van der Waals surface area contributed by atoms with Gasteiger partial charge in [0.05, 0.1) is 0 Å². The van der Waals surface area contributed by atoms with Crippen LogP contribution in [0.15, 0.2) is 70.5 Å². The van der Waals surface area contributed by atoms with E-state index in [1.807, 2.05) is 0 Å². The van der Waals surface area contributed by atoms with Gasteiger partial charge in [-0.3, -0.25) is 0 Å². The van der Waals surface area contributed by atoms with Crippen LogP contribution < -0.4 is 0 Å². The maximum absolute atomic E-state index is 13.7. The molecule has 0 aromatic heterocycles. The van der Waals surface area contributed by atoms with E-state index >= 15 is 0 Å². The molecule has 208 valence electrons. The summed E-state index contributed by atoms with van der Waals surface area (Å²) in [4.78, 5) is -0.820. The number of hydrogen-bond donors (Lipinski definition) is 2. The zero-order valence-electron chi connectivity index (χ0n) is 17.6. The van der Waals surface area contributed by atoms with Crippen molar-refractivity contribution in [1.29, 1.82) is 0 Å². The number of benzene rings is 2. The van der Waals surface area contributed by atoms with E-state index in [1.54, 1.807) is 0 Å². The molecule has 0 aliphatic carbocycles. The normalized spacial score (nSPS) is 15.9. The van der Waals surface area contributed by atoms with Crippen molar-refractivity contribution >= 4 is 38.5 Å². The van der Waals surface area contributed by atoms with Gasteiger partial charge in [0.2, 0.25) is 0 Å². The summed E-state index contributed by atoms with van der Waals surface area (Å²) >= 11 is -3.83. The molecule has 0 aliphatic heterocycles. The first-order valence-electron chi connectivity index (χ1n) is 9.46. The van der Waals surface area contributed by atoms with Crippen molar-refractivity contribution in [3.05, 3.63) is 60.7 Å². The van der Waals surface area contributed by atoms with Gasteiger partial charge >= 0.3 is 216 Å². The van der Waals surface area contributed by atoms with E-state index < -0.39 is 92.5 Å². The minimum atomic E-state index is -6.56. The Balaban J connectivity index is 2.78. The molecule has 0 heterocycles. The van der Waals surface area contributed by atoms with Gasteiger partial charge < -0.3 is 0 Å². The molecule has 2 atom stereocenters. The minimum absolute atomic E-state index is 0.396. The molecule has 0 saturated heterocycles. The van der Waals surface area contributed by atoms with Crippen molar-refractivity contribution in [3.63, 3.8) is 0 Å². The van der Waals surface area contributed by atoms with E-state index in [9.17, 15) is 62.9 Å². The monoisotopic (exact) mass is 658 g/mol. The Labute approximate surface area is 216 Å². The average Bonchev–Trinajstić information content (AvgIpc) is 2.75. The summed E-state index contributed by atoms with van der Waals surface area (Å²) in [6.07, 6.45) is -26.2. The van der Waals surface area contributed by atoms with Gasteiger partial charge in [-0.2, -0.15) is 0 Å². The number of thioether (sulfide) groups is 2. The molecule has 2 N–H and O–H groups in total. The van der Waals surface area contributed by atoms with Gasteiger partial charge in [0.15, 0.2) is 0 Å². The zero-order valence-corrected chi connectivity index (χ0v) is 20.9. The van der Waals surface area contributed by atoms with Crippen LogP contribution in [-0.4, -0.2) is 69.4 Å². The molecule has 2 aromatic rings. The molecular formula is C20H14F12O2S2Se. The van der Waals surface area contributed by atoms with Gasteiger partial charge in [-0.05, 0) is 0 Å². The Morgan fingerprint density at radius 3 is 0.946 bits per heavy atom. The summed E-state index contributed by atoms with van der Waals surface area (Å²) in [6, 6.07) is 11.0. The van der Waals surface area contributed by atoms with Crippen LogP contribution in [0.25, 0.3) is 0 Å². The first kappa shape index (κ1) is 32.0. The Bertz CT molecular complexity index is 901. The molecular weight excluding hydrogens is 643 g/mol. The summed E-state index contributed by atoms with van der Waals surface area (Å²) in [5.74, 6) is 0. The van der Waals surface area contributed by atoms with E-state index in [-0.39, 0.29) is 0 Å². The van der Waals surface area contributed by atoms with Gasteiger partial charge in [0, 0.05) is 0 Å². The standard InChI is InChI=1S/C20H14F12O2S2Se/c21-17(22,23)15(33,18(24,25)26)13(35-11-7-3-1-4-8-11)37-14(36-12-9-5-2-6-10-12)16(34,19(27,28)29)20(30,31)32/h1-10,13-14,33-34H/t13-,14-/m0/s1. The third-order valence-corrected chi connectivity index (χ3v) is 11.7. The van der Waals surface area contributed by atoms with Crippen LogP contribution in [0, 0.1) is 0 Å². The number of aliphatic hydroxyl groups is 2. The molecule has 37 heavy (non-hydrogen) atoms. The summed E-state index contributed by atoms with van der Waals surface area (Å²) < 4.78 is 158. The van der Waals surface area contributed by atoms with Gasteiger partial charge in [-0.25, -0.2) is 0 Å². The summed E-state index contributed by atoms with van der Waals surface area (Å²) in [5.41, 5.74) is -11.5. The molecule has 0 amide bonds. The van der Waals surface area contributed by atoms with Crippen molar-refractivity contribution in [2.45, 2.75) is 54.0 Å². The fraction of sp³-hybridized carbons (Fsp3) is 0.400. The topological polar surface area (TPSA) is 40.5 Å². The molecule has 17 heteroatoms. The fourth-order valence-electron chi connectivity index (χ4n) is 2.64. The SMILES string of the molecule is OC([C@@H](Sc1ccccc1)[Se][C@H](Sc1ccccc1)C(O)(C(F)(F)F)C(F)(F)F)(C(F)(F)F)C(F)(F)F. The summed E-state index contributed by atoms with van der Waals surface area (Å²) in [6.45, 7) is 0. The first-order valence-corrected chi connectivity index (χ1v) is 13.2. The predicted octanol–water partition coefficient (Wildman–Crippen LogP) is 6.64. The predicted molar refractivity (Wildman–Crippen MR) is 112 cm³/mol. The molecule has 0 unspecified atom stereocenters. The number of hydrogen-bond acceptors (Lipinski definition) is 4. The maximum atomic E-state index is 13.7. The molecule has 0 fully saturated rings. The van der Waals surface area contributed by atoms with E-state index in [1.165, 1.54) is 12.1 Å². The second-order valence-electron chi connectivity index (χ2n) is 7.19. The van der Waals surface area contributed by atoms with Crippen LogP contribution in [-0.2, 0) is 0 Å². The molecule has 0 aliphatic rings. The molecule has 2 rings (SSSR count). The second kappa shape index (κ2) is 11.1. The van der Waals surface area contributed by atoms with Crippen molar-refractivity contribution in [3.8, 4) is 0 Å². The van der Waals surface area contributed by atoms with E-state index in [0.29, 0.717) is 0 Å². The number of alkyl halides is 12. The second-order valence-corrected chi connectivity index (χ2v) is 13.4. The third kappa shape index (κ3) is 6.67. The molecule has 0 radical (unpaired) electrons. The van der Waals surface area contributed by atoms with Crippen molar-refractivity contribution in [2.75, 3.05) is 0 Å². The van der Waals surface area contributed by atoms with E-state index in [0.717, 1.165) is 48.5 Å². The van der Waals surface area contributed by atoms with Gasteiger partial charge in [-0.1, -0.05) is 0 Å². The van der Waals surface area contributed by atoms with Crippen molar-refractivity contribution in [2.24, 2.45) is 0 Å². The third-order valence-electron chi connectivity index (χ3n) is 4.63. The average molecular weight is 657 g/mol. The molecule has 0 spiro atoms. The molecule has 0 saturated carbocycles. The number of halogens is 12. The Hall–Kier alpha value is -1.26. The van der Waals surface area contributed by atoms with Crippen LogP contribution in [0.3, 0.4) is 0 Å². The first-order chi connectivity index (χ1) is 16.7. The van der Waals surface area contributed by atoms with E-state index in [4.69, 9.17) is 0 Å². The van der Waals surface area contributed by atoms with Crippen LogP contribution in [0.4, 0.5) is 52.7 Å². The van der Waals surface area contributed by atoms with Gasteiger partial charge in [0.25, 0.3) is 0 Å². The van der Waals surface area contributed by atoms with Crippen LogP contribution in [0.2, 0.25) is 0 Å². The molecule has 2 aromatic carbocycles. The van der Waals surface area contributed by atoms with Crippen molar-refractivity contribution < 1.29 is 62.9 Å². The number of rotatable bonds is 8. The van der Waals surface area contributed by atoms with Gasteiger partial charge in [0.1, 0.15) is 0 Å².